The van der Waals surface area contributed by atoms with E-state index in [2.05, 4.69) is 20.5 Å². The van der Waals surface area contributed by atoms with Gasteiger partial charge in [0.1, 0.15) is 5.69 Å². The minimum Gasteiger partial charge on any atom is -0.353 e. The highest BCUT2D eigenvalue weighted by atomic mass is 16.2. The molecule has 7 nitrogen and oxygen atoms in total. The first-order chi connectivity index (χ1) is 13.7. The van der Waals surface area contributed by atoms with Gasteiger partial charge in [0.05, 0.1) is 11.6 Å². The molecule has 2 fully saturated rings. The molecule has 28 heavy (non-hydrogen) atoms. The Morgan fingerprint density at radius 1 is 1.07 bits per heavy atom. The number of carbonyl (C=O) groups excluding carboxylic acids is 2. The van der Waals surface area contributed by atoms with Gasteiger partial charge in [0, 0.05) is 37.1 Å². The van der Waals surface area contributed by atoms with Crippen LogP contribution in [0.4, 0.5) is 0 Å². The van der Waals surface area contributed by atoms with Crippen LogP contribution in [-0.4, -0.2) is 51.0 Å². The van der Waals surface area contributed by atoms with Crippen molar-refractivity contribution in [2.45, 2.75) is 51.0 Å². The molecule has 2 N–H and O–H groups in total. The van der Waals surface area contributed by atoms with Gasteiger partial charge in [-0.25, -0.2) is 0 Å². The number of hydrogen-bond acceptors (Lipinski definition) is 4. The van der Waals surface area contributed by atoms with Gasteiger partial charge < -0.3 is 10.2 Å². The van der Waals surface area contributed by atoms with Gasteiger partial charge in [-0.1, -0.05) is 19.3 Å². The second kappa shape index (κ2) is 8.54. The molecule has 1 saturated heterocycles. The summed E-state index contributed by atoms with van der Waals surface area (Å²) >= 11 is 0. The highest BCUT2D eigenvalue weighted by Crippen LogP contribution is 2.23. The van der Waals surface area contributed by atoms with Gasteiger partial charge in [-0.2, -0.15) is 5.10 Å². The van der Waals surface area contributed by atoms with E-state index in [1.165, 1.54) is 19.3 Å². The van der Waals surface area contributed by atoms with E-state index in [1.807, 2.05) is 12.1 Å². The van der Waals surface area contributed by atoms with Crippen LogP contribution in [0.15, 0.2) is 30.6 Å². The van der Waals surface area contributed by atoms with Crippen molar-refractivity contribution in [3.63, 3.8) is 0 Å². The van der Waals surface area contributed by atoms with E-state index in [0.717, 1.165) is 31.2 Å². The zero-order chi connectivity index (χ0) is 19.3. The molecule has 1 aliphatic heterocycles. The number of H-pyrrole nitrogens is 1. The Morgan fingerprint density at radius 3 is 2.64 bits per heavy atom. The molecule has 0 spiro atoms. The van der Waals surface area contributed by atoms with Gasteiger partial charge in [0.25, 0.3) is 5.91 Å². The third kappa shape index (κ3) is 4.24. The van der Waals surface area contributed by atoms with Crippen molar-refractivity contribution >= 4 is 11.8 Å². The lowest BCUT2D eigenvalue weighted by Crippen LogP contribution is -2.48. The SMILES string of the molecule is O=C(NC1CCCCC1)[C@H]1CCCN(C(=O)c2cc(-c3ccncc3)n[nH]2)C1. The number of aromatic nitrogens is 3. The Hall–Kier alpha value is -2.70. The van der Waals surface area contributed by atoms with E-state index in [1.54, 1.807) is 23.4 Å². The lowest BCUT2D eigenvalue weighted by Gasteiger charge is -2.33. The van der Waals surface area contributed by atoms with Crippen molar-refractivity contribution in [2.75, 3.05) is 13.1 Å². The van der Waals surface area contributed by atoms with Gasteiger partial charge in [-0.05, 0) is 43.9 Å². The van der Waals surface area contributed by atoms with Crippen molar-refractivity contribution in [1.29, 1.82) is 0 Å². The normalized spacial score (nSPS) is 20.7. The molecule has 2 aromatic rings. The first kappa shape index (κ1) is 18.7. The summed E-state index contributed by atoms with van der Waals surface area (Å²) in [5, 5.41) is 10.3. The molecule has 1 saturated carbocycles. The molecule has 3 heterocycles. The Balaban J connectivity index is 1.38. The van der Waals surface area contributed by atoms with Crippen LogP contribution in [0.1, 0.15) is 55.4 Å². The summed E-state index contributed by atoms with van der Waals surface area (Å²) in [6, 6.07) is 5.79. The molecule has 2 aliphatic rings. The summed E-state index contributed by atoms with van der Waals surface area (Å²) in [6.07, 6.45) is 10.9. The number of hydrogen-bond donors (Lipinski definition) is 2. The Kier molecular flexibility index (Phi) is 5.69. The smallest absolute Gasteiger partial charge is 0.271 e. The first-order valence-electron chi connectivity index (χ1n) is 10.3. The number of pyridine rings is 1. The van der Waals surface area contributed by atoms with Gasteiger partial charge in [0.15, 0.2) is 0 Å². The van der Waals surface area contributed by atoms with Crippen molar-refractivity contribution in [1.82, 2.24) is 25.4 Å². The minimum atomic E-state index is -0.123. The van der Waals surface area contributed by atoms with Gasteiger partial charge in [0.2, 0.25) is 5.91 Å². The van der Waals surface area contributed by atoms with E-state index < -0.39 is 0 Å². The van der Waals surface area contributed by atoms with Crippen LogP contribution in [-0.2, 0) is 4.79 Å². The molecular formula is C21H27N5O2. The maximum absolute atomic E-state index is 12.9. The monoisotopic (exact) mass is 381 g/mol. The summed E-state index contributed by atoms with van der Waals surface area (Å²) in [5.41, 5.74) is 2.09. The third-order valence-electron chi connectivity index (χ3n) is 5.82. The average molecular weight is 381 g/mol. The molecular weight excluding hydrogens is 354 g/mol. The fourth-order valence-corrected chi connectivity index (χ4v) is 4.21. The quantitative estimate of drug-likeness (QED) is 0.852. The molecule has 2 amide bonds. The molecule has 4 rings (SSSR count). The number of aromatic amines is 1. The first-order valence-corrected chi connectivity index (χ1v) is 10.3. The number of carbonyl (C=O) groups is 2. The molecule has 0 bridgehead atoms. The molecule has 1 atom stereocenters. The number of rotatable bonds is 4. The number of nitrogens with zero attached hydrogens (tertiary/aromatic N) is 3. The van der Waals surface area contributed by atoms with Crippen molar-refractivity contribution in [3.8, 4) is 11.3 Å². The van der Waals surface area contributed by atoms with Crippen molar-refractivity contribution in [2.24, 2.45) is 5.92 Å². The molecule has 7 heteroatoms. The summed E-state index contributed by atoms with van der Waals surface area (Å²) in [5.74, 6) is -0.114. The van der Waals surface area contributed by atoms with Crippen LogP contribution in [0.3, 0.4) is 0 Å². The Labute approximate surface area is 164 Å². The van der Waals surface area contributed by atoms with Crippen LogP contribution < -0.4 is 5.32 Å². The van der Waals surface area contributed by atoms with Crippen molar-refractivity contribution in [3.05, 3.63) is 36.3 Å². The van der Waals surface area contributed by atoms with Gasteiger partial charge >= 0.3 is 0 Å². The second-order valence-electron chi connectivity index (χ2n) is 7.84. The van der Waals surface area contributed by atoms with Gasteiger partial charge in [-0.15, -0.1) is 0 Å². The van der Waals surface area contributed by atoms with Crippen molar-refractivity contribution < 1.29 is 9.59 Å². The Morgan fingerprint density at radius 2 is 1.86 bits per heavy atom. The predicted molar refractivity (Wildman–Crippen MR) is 105 cm³/mol. The topological polar surface area (TPSA) is 91.0 Å². The lowest BCUT2D eigenvalue weighted by molar-refractivity contribution is -0.127. The van der Waals surface area contributed by atoms with Crippen LogP contribution in [0.2, 0.25) is 0 Å². The lowest BCUT2D eigenvalue weighted by atomic mass is 9.93. The highest BCUT2D eigenvalue weighted by Gasteiger charge is 2.30. The molecule has 2 aromatic heterocycles. The summed E-state index contributed by atoms with van der Waals surface area (Å²) < 4.78 is 0. The number of likely N-dealkylation sites (tertiary alicyclic amines) is 1. The van der Waals surface area contributed by atoms with E-state index in [-0.39, 0.29) is 17.7 Å². The summed E-state index contributed by atoms with van der Waals surface area (Å²) in [4.78, 5) is 31.4. The molecule has 0 unspecified atom stereocenters. The maximum atomic E-state index is 12.9. The fourth-order valence-electron chi connectivity index (χ4n) is 4.21. The molecule has 148 valence electrons. The average Bonchev–Trinajstić information content (AvgIpc) is 3.25. The second-order valence-corrected chi connectivity index (χ2v) is 7.84. The van der Waals surface area contributed by atoms with Gasteiger partial charge in [-0.3, -0.25) is 19.7 Å². The largest absolute Gasteiger partial charge is 0.353 e. The van der Waals surface area contributed by atoms with E-state index in [4.69, 9.17) is 0 Å². The standard InChI is InChI=1S/C21H27N5O2/c27-20(23-17-6-2-1-3-7-17)16-5-4-12-26(14-16)21(28)19-13-18(24-25-19)15-8-10-22-11-9-15/h8-11,13,16-17H,1-7,12,14H2,(H,23,27)(H,24,25)/t16-/m0/s1. The van der Waals surface area contributed by atoms with Crippen LogP contribution >= 0.6 is 0 Å². The van der Waals surface area contributed by atoms with E-state index in [9.17, 15) is 9.59 Å². The summed E-state index contributed by atoms with van der Waals surface area (Å²) in [7, 11) is 0. The summed E-state index contributed by atoms with van der Waals surface area (Å²) in [6.45, 7) is 1.15. The maximum Gasteiger partial charge on any atom is 0.271 e. The van der Waals surface area contributed by atoms with Crippen LogP contribution in [0.5, 0.6) is 0 Å². The Bertz CT molecular complexity index is 813. The number of nitrogens with one attached hydrogen (secondary N) is 2. The molecule has 0 aromatic carbocycles. The zero-order valence-corrected chi connectivity index (χ0v) is 16.1. The third-order valence-corrected chi connectivity index (χ3v) is 5.82. The molecule has 0 radical (unpaired) electrons. The molecule has 1 aliphatic carbocycles. The highest BCUT2D eigenvalue weighted by molar-refractivity contribution is 5.94. The fraction of sp³-hybridized carbons (Fsp3) is 0.524. The van der Waals surface area contributed by atoms with E-state index >= 15 is 0 Å². The van der Waals surface area contributed by atoms with Crippen LogP contribution in [0, 0.1) is 5.92 Å². The number of piperidine rings is 1. The number of amides is 2. The minimum absolute atomic E-state index is 0.0945. The zero-order valence-electron chi connectivity index (χ0n) is 16.1. The van der Waals surface area contributed by atoms with E-state index in [0.29, 0.717) is 30.5 Å². The predicted octanol–water partition coefficient (Wildman–Crippen LogP) is 2.77. The van der Waals surface area contributed by atoms with Crippen LogP contribution in [0.25, 0.3) is 11.3 Å².